The van der Waals surface area contributed by atoms with E-state index >= 15 is 0 Å². The van der Waals surface area contributed by atoms with E-state index in [1.165, 1.54) is 0 Å². The van der Waals surface area contributed by atoms with E-state index in [1.807, 2.05) is 26.0 Å². The van der Waals surface area contributed by atoms with Crippen LogP contribution < -0.4 is 10.1 Å². The smallest absolute Gasteiger partial charge is 0.264 e. The molecule has 0 aromatic heterocycles. The molecule has 0 bridgehead atoms. The molecular formula is C16H27NO2P+. The number of hydrogen-bond donors (Lipinski definition) is 1. The number of nitrogens with one attached hydrogen (secondary N) is 1. The van der Waals surface area contributed by atoms with Gasteiger partial charge in [0.1, 0.15) is 11.4 Å². The summed E-state index contributed by atoms with van der Waals surface area (Å²) < 4.78 is 5.25. The van der Waals surface area contributed by atoms with Crippen LogP contribution in [0.4, 0.5) is 5.69 Å². The molecule has 0 aliphatic heterocycles. The number of rotatable bonds is 5. The lowest BCUT2D eigenvalue weighted by atomic mass is 10.1. The minimum Gasteiger partial charge on any atom is -0.497 e. The Morgan fingerprint density at radius 2 is 1.75 bits per heavy atom. The van der Waals surface area contributed by atoms with Crippen molar-refractivity contribution in [2.24, 2.45) is 0 Å². The number of carbonyl (C=O) groups is 1. The molecule has 0 aliphatic rings. The van der Waals surface area contributed by atoms with E-state index in [0.717, 1.165) is 29.0 Å². The van der Waals surface area contributed by atoms with E-state index in [2.05, 4.69) is 32.2 Å². The average molecular weight is 296 g/mol. The second-order valence-corrected chi connectivity index (χ2v) is 11.0. The largest absolute Gasteiger partial charge is 0.497 e. The van der Waals surface area contributed by atoms with Crippen molar-refractivity contribution in [2.75, 3.05) is 32.4 Å². The van der Waals surface area contributed by atoms with E-state index in [-0.39, 0.29) is 11.6 Å². The number of carbonyl (C=O) groups excluding carboxylic acids is 1. The zero-order valence-corrected chi connectivity index (χ0v) is 14.6. The molecule has 0 fully saturated rings. The van der Waals surface area contributed by atoms with Crippen molar-refractivity contribution in [3.05, 3.63) is 23.3 Å². The van der Waals surface area contributed by atoms with Crippen LogP contribution in [0.2, 0.25) is 0 Å². The Bertz CT molecular complexity index is 469. The summed E-state index contributed by atoms with van der Waals surface area (Å²) in [5.41, 5.74) is 3.11. The first-order valence-electron chi connectivity index (χ1n) is 6.98. The van der Waals surface area contributed by atoms with Crippen LogP contribution >= 0.6 is 7.26 Å². The highest BCUT2D eigenvalue weighted by atomic mass is 31.2. The van der Waals surface area contributed by atoms with Crippen molar-refractivity contribution in [3.63, 3.8) is 0 Å². The Kier molecular flexibility index (Phi) is 5.59. The van der Waals surface area contributed by atoms with Gasteiger partial charge in [0.25, 0.3) is 5.91 Å². The maximum absolute atomic E-state index is 12.5. The second-order valence-electron chi connectivity index (χ2n) is 6.17. The van der Waals surface area contributed by atoms with E-state index in [4.69, 9.17) is 4.74 Å². The molecule has 0 heterocycles. The van der Waals surface area contributed by atoms with Crippen molar-refractivity contribution >= 4 is 18.9 Å². The van der Waals surface area contributed by atoms with Crippen molar-refractivity contribution in [2.45, 2.75) is 32.9 Å². The van der Waals surface area contributed by atoms with Gasteiger partial charge in [0, 0.05) is 32.9 Å². The van der Waals surface area contributed by atoms with Crippen LogP contribution in [0, 0.1) is 13.8 Å². The molecule has 0 spiro atoms. The lowest BCUT2D eigenvalue weighted by Gasteiger charge is -2.23. The SMILES string of the molecule is CCC(C(=O)Nc1c(C)cc(OC)cc1C)[P+](C)(C)C. The van der Waals surface area contributed by atoms with Gasteiger partial charge in [-0.2, -0.15) is 0 Å². The van der Waals surface area contributed by atoms with Gasteiger partial charge >= 0.3 is 0 Å². The Morgan fingerprint density at radius 1 is 1.25 bits per heavy atom. The van der Waals surface area contributed by atoms with Crippen molar-refractivity contribution in [3.8, 4) is 5.75 Å². The number of amides is 1. The molecule has 4 heteroatoms. The number of benzene rings is 1. The molecule has 1 rings (SSSR count). The van der Waals surface area contributed by atoms with Crippen LogP contribution in [-0.2, 0) is 4.79 Å². The van der Waals surface area contributed by atoms with Gasteiger partial charge in [-0.3, -0.25) is 4.79 Å². The number of methoxy groups -OCH3 is 1. The standard InChI is InChI=1S/C16H26NO2P/c1-8-14(20(5,6)7)16(18)17-15-11(2)9-13(19-4)10-12(15)3/h9-10,14H,8H2,1-7H3/p+1. The molecule has 3 nitrogen and oxygen atoms in total. The zero-order chi connectivity index (χ0) is 15.5. The molecule has 1 N–H and O–H groups in total. The molecule has 0 saturated heterocycles. The Balaban J connectivity index is 3.02. The van der Waals surface area contributed by atoms with E-state index in [9.17, 15) is 4.79 Å². The third-order valence-electron chi connectivity index (χ3n) is 3.61. The number of anilines is 1. The summed E-state index contributed by atoms with van der Waals surface area (Å²) in [4.78, 5) is 12.5. The third kappa shape index (κ3) is 3.96. The van der Waals surface area contributed by atoms with Crippen molar-refractivity contribution in [1.82, 2.24) is 0 Å². The summed E-state index contributed by atoms with van der Waals surface area (Å²) in [6.07, 6.45) is 0.886. The molecule has 0 saturated carbocycles. The second kappa shape index (κ2) is 6.58. The molecule has 20 heavy (non-hydrogen) atoms. The van der Waals surface area contributed by atoms with Crippen LogP contribution in [0.1, 0.15) is 24.5 Å². The Morgan fingerprint density at radius 3 is 2.10 bits per heavy atom. The molecule has 1 atom stereocenters. The fourth-order valence-corrected chi connectivity index (χ4v) is 4.39. The van der Waals surface area contributed by atoms with Crippen molar-refractivity contribution in [1.29, 1.82) is 0 Å². The summed E-state index contributed by atoms with van der Waals surface area (Å²) in [5, 5.41) is 3.12. The predicted octanol–water partition coefficient (Wildman–Crippen LogP) is 3.94. The first-order chi connectivity index (χ1) is 9.20. The molecule has 1 unspecified atom stereocenters. The molecule has 1 amide bonds. The molecule has 1 aromatic carbocycles. The van der Waals surface area contributed by atoms with Crippen LogP contribution in [0.25, 0.3) is 0 Å². The minimum absolute atomic E-state index is 0.114. The summed E-state index contributed by atoms with van der Waals surface area (Å²) in [6, 6.07) is 3.91. The van der Waals surface area contributed by atoms with Gasteiger partial charge in [-0.1, -0.05) is 6.92 Å². The Labute approximate surface area is 123 Å². The predicted molar refractivity (Wildman–Crippen MR) is 89.9 cm³/mol. The molecule has 112 valence electrons. The first kappa shape index (κ1) is 17.0. The molecule has 1 aromatic rings. The van der Waals surface area contributed by atoms with E-state index in [1.54, 1.807) is 7.11 Å². The van der Waals surface area contributed by atoms with Gasteiger partial charge in [0.15, 0.2) is 0 Å². The van der Waals surface area contributed by atoms with E-state index in [0.29, 0.717) is 0 Å². The summed E-state index contributed by atoms with van der Waals surface area (Å²) in [5.74, 6) is 0.970. The van der Waals surface area contributed by atoms with Gasteiger partial charge in [-0.05, 0) is 43.5 Å². The number of ether oxygens (including phenoxy) is 1. The maximum atomic E-state index is 12.5. The van der Waals surface area contributed by atoms with E-state index < -0.39 is 7.26 Å². The summed E-state index contributed by atoms with van der Waals surface area (Å²) in [7, 11) is 0.455. The van der Waals surface area contributed by atoms with Crippen LogP contribution in [0.15, 0.2) is 12.1 Å². The number of hydrogen-bond acceptors (Lipinski definition) is 2. The fourth-order valence-electron chi connectivity index (χ4n) is 2.53. The Hall–Kier alpha value is -1.08. The maximum Gasteiger partial charge on any atom is 0.264 e. The fraction of sp³-hybridized carbons (Fsp3) is 0.562. The lowest BCUT2D eigenvalue weighted by Crippen LogP contribution is -2.29. The number of aryl methyl sites for hydroxylation is 2. The highest BCUT2D eigenvalue weighted by Gasteiger charge is 2.36. The van der Waals surface area contributed by atoms with Gasteiger partial charge in [0.2, 0.25) is 0 Å². The highest BCUT2D eigenvalue weighted by molar-refractivity contribution is 7.75. The third-order valence-corrected chi connectivity index (χ3v) is 6.08. The van der Waals surface area contributed by atoms with Gasteiger partial charge in [-0.25, -0.2) is 0 Å². The minimum atomic E-state index is -1.20. The summed E-state index contributed by atoms with van der Waals surface area (Å²) >= 11 is 0. The molecule has 0 aliphatic carbocycles. The lowest BCUT2D eigenvalue weighted by molar-refractivity contribution is -0.115. The zero-order valence-electron chi connectivity index (χ0n) is 13.7. The van der Waals surface area contributed by atoms with Crippen LogP contribution in [0.3, 0.4) is 0 Å². The summed E-state index contributed by atoms with van der Waals surface area (Å²) in [6.45, 7) is 12.7. The van der Waals surface area contributed by atoms with Crippen molar-refractivity contribution < 1.29 is 9.53 Å². The van der Waals surface area contributed by atoms with Gasteiger partial charge in [0.05, 0.1) is 7.11 Å². The normalized spacial score (nSPS) is 12.9. The average Bonchev–Trinajstić information content (AvgIpc) is 2.32. The van der Waals surface area contributed by atoms with Gasteiger partial charge in [-0.15, -0.1) is 0 Å². The molecule has 0 radical (unpaired) electrons. The van der Waals surface area contributed by atoms with Gasteiger partial charge < -0.3 is 10.1 Å². The highest BCUT2D eigenvalue weighted by Crippen LogP contribution is 2.53. The van der Waals surface area contributed by atoms with Crippen LogP contribution in [0.5, 0.6) is 5.75 Å². The topological polar surface area (TPSA) is 38.3 Å². The monoisotopic (exact) mass is 296 g/mol. The molecular weight excluding hydrogens is 269 g/mol. The van der Waals surface area contributed by atoms with Crippen LogP contribution in [-0.4, -0.2) is 38.7 Å². The first-order valence-corrected chi connectivity index (χ1v) is 10.2. The quantitative estimate of drug-likeness (QED) is 0.836.